The fraction of sp³-hybridized carbons (Fsp3) is 0.545. The van der Waals surface area contributed by atoms with E-state index in [4.69, 9.17) is 35.9 Å². The summed E-state index contributed by atoms with van der Waals surface area (Å²) in [6, 6.07) is 0. The van der Waals surface area contributed by atoms with Crippen molar-refractivity contribution < 1.29 is 4.92 Å². The molecule has 0 radical (unpaired) electrons. The number of rotatable bonds is 5. The maximum absolute atomic E-state index is 11.3. The zero-order chi connectivity index (χ0) is 16.4. The molecule has 116 valence electrons. The average molecular weight is 330 g/mol. The van der Waals surface area contributed by atoms with E-state index in [0.29, 0.717) is 18.7 Å². The zero-order valence-corrected chi connectivity index (χ0v) is 13.7. The van der Waals surface area contributed by atoms with Gasteiger partial charge in [0, 0.05) is 13.6 Å². The van der Waals surface area contributed by atoms with E-state index in [0.717, 1.165) is 0 Å². The highest BCUT2D eigenvalue weighted by Gasteiger charge is 2.51. The Bertz CT molecular complexity index is 543. The Morgan fingerprint density at radius 2 is 2.00 bits per heavy atom. The summed E-state index contributed by atoms with van der Waals surface area (Å²) in [4.78, 5) is 16.3. The van der Waals surface area contributed by atoms with Crippen LogP contribution in [0.25, 0.3) is 0 Å². The topological polar surface area (TPSA) is 123 Å². The maximum Gasteiger partial charge on any atom is 0.329 e. The molecule has 10 heteroatoms. The summed E-state index contributed by atoms with van der Waals surface area (Å²) in [6.45, 7) is 3.97. The quantitative estimate of drug-likeness (QED) is 0.369. The highest BCUT2D eigenvalue weighted by atomic mass is 32.1. The molecule has 0 amide bonds. The molecule has 21 heavy (non-hydrogen) atoms. The van der Waals surface area contributed by atoms with Crippen LogP contribution in [0.3, 0.4) is 0 Å². The Morgan fingerprint density at radius 1 is 1.48 bits per heavy atom. The van der Waals surface area contributed by atoms with Crippen molar-refractivity contribution >= 4 is 40.2 Å². The van der Waals surface area contributed by atoms with Crippen molar-refractivity contribution in [2.75, 3.05) is 13.6 Å². The molecule has 0 aliphatic carbocycles. The molecule has 0 saturated heterocycles. The molecule has 1 aliphatic rings. The third kappa shape index (κ3) is 2.68. The summed E-state index contributed by atoms with van der Waals surface area (Å²) in [5, 5.41) is 14.2. The molecule has 0 atom stereocenters. The van der Waals surface area contributed by atoms with E-state index in [1.165, 1.54) is 7.05 Å². The van der Waals surface area contributed by atoms with Gasteiger partial charge in [-0.2, -0.15) is 0 Å². The first-order valence-corrected chi connectivity index (χ1v) is 7.03. The number of hydrogen-bond acceptors (Lipinski definition) is 6. The number of hydrogen-bond donors (Lipinski definition) is 3. The Labute approximate surface area is 133 Å². The van der Waals surface area contributed by atoms with Gasteiger partial charge in [0.25, 0.3) is 0 Å². The monoisotopic (exact) mass is 330 g/mol. The second kappa shape index (κ2) is 6.31. The van der Waals surface area contributed by atoms with Gasteiger partial charge in [-0.15, -0.1) is 0 Å². The van der Waals surface area contributed by atoms with Crippen molar-refractivity contribution in [2.45, 2.75) is 25.9 Å². The van der Waals surface area contributed by atoms with E-state index < -0.39 is 10.6 Å². The summed E-state index contributed by atoms with van der Waals surface area (Å²) >= 11 is 10.2. The molecule has 1 aliphatic heterocycles. The van der Waals surface area contributed by atoms with Gasteiger partial charge in [0.2, 0.25) is 11.5 Å². The molecule has 0 spiro atoms. The van der Waals surface area contributed by atoms with Crippen LogP contribution in [0.1, 0.15) is 20.3 Å². The predicted molar refractivity (Wildman–Crippen MR) is 89.5 cm³/mol. The van der Waals surface area contributed by atoms with Gasteiger partial charge in [0.05, 0.1) is 10.6 Å². The smallest absolute Gasteiger partial charge is 0.329 e. The Kier molecular flexibility index (Phi) is 5.18. The van der Waals surface area contributed by atoms with E-state index in [1.54, 1.807) is 11.8 Å². The number of allylic oxidation sites excluding steroid dienone is 1. The molecule has 0 unspecified atom stereocenters. The van der Waals surface area contributed by atoms with E-state index in [2.05, 4.69) is 10.3 Å². The molecular formula is C11H18N6O2S2. The highest BCUT2D eigenvalue weighted by molar-refractivity contribution is 7.82. The summed E-state index contributed by atoms with van der Waals surface area (Å²) < 4.78 is 0. The van der Waals surface area contributed by atoms with Gasteiger partial charge < -0.3 is 21.7 Å². The lowest BCUT2D eigenvalue weighted by Crippen LogP contribution is -2.75. The predicted octanol–water partition coefficient (Wildman–Crippen LogP) is 0.107. The Balaban J connectivity index is 3.67. The molecule has 0 fully saturated rings. The van der Waals surface area contributed by atoms with Crippen LogP contribution < -0.4 is 16.8 Å². The molecule has 0 saturated carbocycles. The van der Waals surface area contributed by atoms with Crippen molar-refractivity contribution in [1.29, 1.82) is 0 Å². The largest absolute Gasteiger partial charge is 0.389 e. The molecule has 5 N–H and O–H groups in total. The summed E-state index contributed by atoms with van der Waals surface area (Å²) in [6.07, 6.45) is 0.704. The van der Waals surface area contributed by atoms with Crippen LogP contribution in [0.4, 0.5) is 0 Å². The van der Waals surface area contributed by atoms with Crippen molar-refractivity contribution in [3.05, 3.63) is 21.5 Å². The van der Waals surface area contributed by atoms with Crippen molar-refractivity contribution in [1.82, 2.24) is 10.2 Å². The van der Waals surface area contributed by atoms with Crippen LogP contribution in [-0.4, -0.2) is 44.9 Å². The SMILES string of the molecule is CCCN1C(C)=C([N+](=O)[O-])C(=NC)NC1(C(N)=S)C(N)=S. The normalized spacial score (nSPS) is 19.4. The first kappa shape index (κ1) is 17.2. The molecule has 0 bridgehead atoms. The van der Waals surface area contributed by atoms with E-state index in [-0.39, 0.29) is 21.5 Å². The number of thiocarbonyl (C=S) groups is 2. The van der Waals surface area contributed by atoms with Crippen molar-refractivity contribution in [3.63, 3.8) is 0 Å². The number of aliphatic imine (C=N–C) groups is 1. The van der Waals surface area contributed by atoms with E-state index >= 15 is 0 Å². The lowest BCUT2D eigenvalue weighted by Gasteiger charge is -2.47. The minimum absolute atomic E-state index is 0.00801. The summed E-state index contributed by atoms with van der Waals surface area (Å²) in [5.41, 5.74) is 10.6. The van der Waals surface area contributed by atoms with Gasteiger partial charge in [-0.25, -0.2) is 0 Å². The first-order chi connectivity index (χ1) is 9.73. The minimum Gasteiger partial charge on any atom is -0.389 e. The second-order valence-electron chi connectivity index (χ2n) is 4.48. The number of nitro groups is 1. The van der Waals surface area contributed by atoms with Crippen molar-refractivity contribution in [3.8, 4) is 0 Å². The lowest BCUT2D eigenvalue weighted by molar-refractivity contribution is -0.418. The second-order valence-corrected chi connectivity index (χ2v) is 5.36. The molecule has 0 aromatic rings. The standard InChI is InChI=1S/C11H18N6O2S2/c1-4-5-16-6(2)7(17(18)19)8(14-3)15-11(16,9(12)20)10(13)21/h4-5H2,1-3H3,(H2,12,20)(H2,13,21)(H,14,15). The molecule has 1 heterocycles. The summed E-state index contributed by atoms with van der Waals surface area (Å²) in [5.74, 6) is 0.0467. The van der Waals surface area contributed by atoms with E-state index in [9.17, 15) is 10.1 Å². The van der Waals surface area contributed by atoms with Gasteiger partial charge in [-0.3, -0.25) is 15.1 Å². The van der Waals surface area contributed by atoms with Crippen LogP contribution in [0.5, 0.6) is 0 Å². The summed E-state index contributed by atoms with van der Waals surface area (Å²) in [7, 11) is 1.43. The van der Waals surface area contributed by atoms with Gasteiger partial charge in [-0.1, -0.05) is 31.4 Å². The first-order valence-electron chi connectivity index (χ1n) is 6.22. The van der Waals surface area contributed by atoms with Gasteiger partial charge in [-0.05, 0) is 13.3 Å². The molecular weight excluding hydrogens is 312 g/mol. The Hall–Kier alpha value is -1.81. The molecule has 0 aromatic carbocycles. The van der Waals surface area contributed by atoms with Gasteiger partial charge >= 0.3 is 5.70 Å². The third-order valence-electron chi connectivity index (χ3n) is 3.24. The van der Waals surface area contributed by atoms with Crippen LogP contribution in [0.15, 0.2) is 16.4 Å². The third-order valence-corrected chi connectivity index (χ3v) is 3.83. The van der Waals surface area contributed by atoms with E-state index in [1.807, 2.05) is 6.92 Å². The number of nitrogens with two attached hydrogens (primary N) is 2. The molecule has 0 aromatic heterocycles. The van der Waals surface area contributed by atoms with Crippen LogP contribution in [0.2, 0.25) is 0 Å². The van der Waals surface area contributed by atoms with Gasteiger partial charge in [0.15, 0.2) is 0 Å². The highest BCUT2D eigenvalue weighted by Crippen LogP contribution is 2.28. The van der Waals surface area contributed by atoms with Crippen LogP contribution in [0, 0.1) is 10.1 Å². The van der Waals surface area contributed by atoms with Crippen LogP contribution >= 0.6 is 24.4 Å². The number of nitrogens with one attached hydrogen (secondary N) is 1. The lowest BCUT2D eigenvalue weighted by atomic mass is 10.0. The molecule has 1 rings (SSSR count). The number of amidine groups is 1. The average Bonchev–Trinajstić information content (AvgIpc) is 2.39. The maximum atomic E-state index is 11.3. The van der Waals surface area contributed by atoms with Crippen LogP contribution in [-0.2, 0) is 0 Å². The van der Waals surface area contributed by atoms with Gasteiger partial charge in [0.1, 0.15) is 9.98 Å². The zero-order valence-electron chi connectivity index (χ0n) is 12.0. The van der Waals surface area contributed by atoms with Crippen molar-refractivity contribution in [2.24, 2.45) is 16.5 Å². The number of nitrogens with zero attached hydrogens (tertiary/aromatic N) is 3. The Morgan fingerprint density at radius 3 is 2.33 bits per heavy atom. The minimum atomic E-state index is -1.33. The fourth-order valence-electron chi connectivity index (χ4n) is 2.30. The fourth-order valence-corrected chi connectivity index (χ4v) is 2.91. The molecule has 8 nitrogen and oxygen atoms in total.